The van der Waals surface area contributed by atoms with Crippen molar-refractivity contribution >= 4 is 11.6 Å². The topological polar surface area (TPSA) is 32.8 Å². The summed E-state index contributed by atoms with van der Waals surface area (Å²) >= 11 is 0. The third kappa shape index (κ3) is 3.88. The van der Waals surface area contributed by atoms with E-state index in [1.54, 1.807) is 0 Å². The van der Waals surface area contributed by atoms with Crippen LogP contribution in [0.5, 0.6) is 5.75 Å². The molecule has 0 aromatic heterocycles. The van der Waals surface area contributed by atoms with Gasteiger partial charge in [0, 0.05) is 31.9 Å². The van der Waals surface area contributed by atoms with Crippen LogP contribution in [-0.2, 0) is 4.79 Å². The average Bonchev–Trinajstić information content (AvgIpc) is 2.62. The van der Waals surface area contributed by atoms with E-state index < -0.39 is 6.10 Å². The molecule has 1 heterocycles. The molecule has 2 aromatic carbocycles. The Balaban J connectivity index is 1.55. The molecule has 1 saturated heterocycles. The van der Waals surface area contributed by atoms with Crippen LogP contribution in [-0.4, -0.2) is 43.1 Å². The molecule has 0 bridgehead atoms. The Bertz CT molecular complexity index is 679. The van der Waals surface area contributed by atoms with E-state index in [1.807, 2.05) is 61.2 Å². The highest BCUT2D eigenvalue weighted by Crippen LogP contribution is 2.18. The molecule has 3 rings (SSSR count). The van der Waals surface area contributed by atoms with Crippen molar-refractivity contribution in [2.45, 2.75) is 20.0 Å². The van der Waals surface area contributed by atoms with Gasteiger partial charge in [-0.3, -0.25) is 4.79 Å². The Hall–Kier alpha value is -2.49. The van der Waals surface area contributed by atoms with Crippen molar-refractivity contribution < 1.29 is 9.53 Å². The molecule has 1 fully saturated rings. The van der Waals surface area contributed by atoms with Gasteiger partial charge in [-0.15, -0.1) is 0 Å². The molecule has 0 aliphatic carbocycles. The summed E-state index contributed by atoms with van der Waals surface area (Å²) < 4.78 is 5.82. The van der Waals surface area contributed by atoms with Gasteiger partial charge in [0.15, 0.2) is 6.10 Å². The number of benzene rings is 2. The average molecular weight is 324 g/mol. The number of anilines is 1. The third-order valence-corrected chi connectivity index (χ3v) is 4.36. The molecule has 0 spiro atoms. The molecule has 4 nitrogen and oxygen atoms in total. The maximum atomic E-state index is 12.6. The first kappa shape index (κ1) is 16.4. The summed E-state index contributed by atoms with van der Waals surface area (Å²) in [6, 6.07) is 18.1. The van der Waals surface area contributed by atoms with Gasteiger partial charge in [0.05, 0.1) is 0 Å². The minimum atomic E-state index is -0.463. The van der Waals surface area contributed by atoms with Gasteiger partial charge in [-0.05, 0) is 43.7 Å². The van der Waals surface area contributed by atoms with Crippen LogP contribution < -0.4 is 9.64 Å². The molecule has 0 saturated carbocycles. The number of nitrogens with zero attached hydrogens (tertiary/aromatic N) is 2. The molecule has 2 aromatic rings. The Morgan fingerprint density at radius 1 is 1.00 bits per heavy atom. The number of piperazine rings is 1. The van der Waals surface area contributed by atoms with Crippen molar-refractivity contribution in [1.82, 2.24) is 4.90 Å². The Morgan fingerprint density at radius 2 is 1.71 bits per heavy atom. The highest BCUT2D eigenvalue weighted by molar-refractivity contribution is 5.81. The number of ether oxygens (including phenoxy) is 1. The van der Waals surface area contributed by atoms with E-state index in [2.05, 4.69) is 17.0 Å². The van der Waals surface area contributed by atoms with E-state index in [4.69, 9.17) is 4.74 Å². The van der Waals surface area contributed by atoms with Crippen LogP contribution >= 0.6 is 0 Å². The second-order valence-corrected chi connectivity index (χ2v) is 6.22. The predicted octanol–water partition coefficient (Wildman–Crippen LogP) is 3.11. The number of carbonyl (C=O) groups excluding carboxylic acids is 1. The maximum absolute atomic E-state index is 12.6. The van der Waals surface area contributed by atoms with Gasteiger partial charge in [-0.25, -0.2) is 0 Å². The SMILES string of the molecule is Cc1cccc(OC(C)C(=O)N2CCN(c3ccccc3)CC2)c1. The fraction of sp³-hybridized carbons (Fsp3) is 0.350. The molecular weight excluding hydrogens is 300 g/mol. The predicted molar refractivity (Wildman–Crippen MR) is 96.5 cm³/mol. The molecule has 1 amide bonds. The van der Waals surface area contributed by atoms with Gasteiger partial charge >= 0.3 is 0 Å². The van der Waals surface area contributed by atoms with Gasteiger partial charge < -0.3 is 14.5 Å². The van der Waals surface area contributed by atoms with Gasteiger partial charge in [0.1, 0.15) is 5.75 Å². The van der Waals surface area contributed by atoms with Gasteiger partial charge in [-0.2, -0.15) is 0 Å². The summed E-state index contributed by atoms with van der Waals surface area (Å²) in [5.74, 6) is 0.808. The lowest BCUT2D eigenvalue weighted by atomic mass is 10.2. The van der Waals surface area contributed by atoms with Crippen molar-refractivity contribution in [1.29, 1.82) is 0 Å². The molecule has 4 heteroatoms. The van der Waals surface area contributed by atoms with E-state index in [-0.39, 0.29) is 5.91 Å². The molecule has 0 radical (unpaired) electrons. The van der Waals surface area contributed by atoms with E-state index in [1.165, 1.54) is 5.69 Å². The fourth-order valence-corrected chi connectivity index (χ4v) is 3.02. The quantitative estimate of drug-likeness (QED) is 0.866. The van der Waals surface area contributed by atoms with E-state index in [0.29, 0.717) is 0 Å². The van der Waals surface area contributed by atoms with Crippen LogP contribution in [0.1, 0.15) is 12.5 Å². The molecule has 24 heavy (non-hydrogen) atoms. The summed E-state index contributed by atoms with van der Waals surface area (Å²) in [7, 11) is 0. The zero-order valence-corrected chi connectivity index (χ0v) is 14.3. The van der Waals surface area contributed by atoms with E-state index >= 15 is 0 Å². The number of hydrogen-bond donors (Lipinski definition) is 0. The van der Waals surface area contributed by atoms with Crippen molar-refractivity contribution in [3.63, 3.8) is 0 Å². The normalized spacial score (nSPS) is 15.9. The van der Waals surface area contributed by atoms with Crippen LogP contribution in [0, 0.1) is 6.92 Å². The second kappa shape index (κ2) is 7.39. The third-order valence-electron chi connectivity index (χ3n) is 4.36. The minimum absolute atomic E-state index is 0.0595. The summed E-state index contributed by atoms with van der Waals surface area (Å²) in [4.78, 5) is 16.8. The number of rotatable bonds is 4. The van der Waals surface area contributed by atoms with Crippen molar-refractivity contribution in [3.8, 4) is 5.75 Å². The Kier molecular flexibility index (Phi) is 5.04. The van der Waals surface area contributed by atoms with Crippen LogP contribution in [0.2, 0.25) is 0 Å². The van der Waals surface area contributed by atoms with Crippen LogP contribution in [0.15, 0.2) is 54.6 Å². The van der Waals surface area contributed by atoms with Crippen LogP contribution in [0.25, 0.3) is 0 Å². The number of carbonyl (C=O) groups is 1. The molecule has 126 valence electrons. The number of para-hydroxylation sites is 1. The van der Waals surface area contributed by atoms with Gasteiger partial charge in [0.25, 0.3) is 5.91 Å². The van der Waals surface area contributed by atoms with Crippen molar-refractivity contribution in [2.24, 2.45) is 0 Å². The number of aryl methyl sites for hydroxylation is 1. The van der Waals surface area contributed by atoms with Crippen LogP contribution in [0.4, 0.5) is 5.69 Å². The molecule has 1 unspecified atom stereocenters. The van der Waals surface area contributed by atoms with E-state index in [9.17, 15) is 4.79 Å². The first-order chi connectivity index (χ1) is 11.6. The molecule has 1 aliphatic rings. The highest BCUT2D eigenvalue weighted by atomic mass is 16.5. The summed E-state index contributed by atoms with van der Waals surface area (Å²) in [5.41, 5.74) is 2.34. The summed E-state index contributed by atoms with van der Waals surface area (Å²) in [6.45, 7) is 7.01. The number of amides is 1. The van der Waals surface area contributed by atoms with E-state index in [0.717, 1.165) is 37.5 Å². The number of hydrogen-bond acceptors (Lipinski definition) is 3. The lowest BCUT2D eigenvalue weighted by Crippen LogP contribution is -2.52. The maximum Gasteiger partial charge on any atom is 0.263 e. The minimum Gasteiger partial charge on any atom is -0.481 e. The van der Waals surface area contributed by atoms with Gasteiger partial charge in [0.2, 0.25) is 0 Å². The standard InChI is InChI=1S/C20H24N2O2/c1-16-7-6-10-19(15-16)24-17(2)20(23)22-13-11-21(12-14-22)18-8-4-3-5-9-18/h3-10,15,17H,11-14H2,1-2H3. The zero-order chi connectivity index (χ0) is 16.9. The first-order valence-corrected chi connectivity index (χ1v) is 8.45. The largest absolute Gasteiger partial charge is 0.481 e. The van der Waals surface area contributed by atoms with Gasteiger partial charge in [-0.1, -0.05) is 30.3 Å². The Morgan fingerprint density at radius 3 is 2.38 bits per heavy atom. The highest BCUT2D eigenvalue weighted by Gasteiger charge is 2.26. The Labute approximate surface area is 143 Å². The second-order valence-electron chi connectivity index (χ2n) is 6.22. The zero-order valence-electron chi connectivity index (χ0n) is 14.3. The lowest BCUT2D eigenvalue weighted by Gasteiger charge is -2.37. The monoisotopic (exact) mass is 324 g/mol. The molecule has 1 atom stereocenters. The van der Waals surface area contributed by atoms with Crippen molar-refractivity contribution in [3.05, 3.63) is 60.2 Å². The molecule has 1 aliphatic heterocycles. The first-order valence-electron chi connectivity index (χ1n) is 8.45. The van der Waals surface area contributed by atoms with Crippen LogP contribution in [0.3, 0.4) is 0 Å². The lowest BCUT2D eigenvalue weighted by molar-refractivity contribution is -0.138. The molecule has 0 N–H and O–H groups in total. The van der Waals surface area contributed by atoms with Crippen molar-refractivity contribution in [2.75, 3.05) is 31.1 Å². The molecular formula is C20H24N2O2. The summed E-state index contributed by atoms with van der Waals surface area (Å²) in [6.07, 6.45) is -0.463. The summed E-state index contributed by atoms with van der Waals surface area (Å²) in [5, 5.41) is 0. The fourth-order valence-electron chi connectivity index (χ4n) is 3.02. The smallest absolute Gasteiger partial charge is 0.263 e.